The molecule has 3 aliphatic rings. The molecule has 0 bridgehead atoms. The Labute approximate surface area is 440 Å². The maximum Gasteiger partial charge on any atom is 0.0645 e. The lowest BCUT2D eigenvalue weighted by atomic mass is 9.81. The Kier molecular flexibility index (Phi) is 10.8. The fourth-order valence-electron chi connectivity index (χ4n) is 12.2. The van der Waals surface area contributed by atoms with Crippen LogP contribution >= 0.6 is 0 Å². The summed E-state index contributed by atoms with van der Waals surface area (Å²) in [5.41, 5.74) is 26.2. The van der Waals surface area contributed by atoms with E-state index in [2.05, 4.69) is 229 Å². The molecule has 4 aromatic heterocycles. The molecule has 0 N–H and O–H groups in total. The van der Waals surface area contributed by atoms with Gasteiger partial charge in [-0.2, -0.15) is 0 Å². The second-order valence-electron chi connectivity index (χ2n) is 21.7. The number of rotatable bonds is 10. The van der Waals surface area contributed by atoms with E-state index in [-0.39, 0.29) is 16.2 Å². The molecule has 0 atom stereocenters. The van der Waals surface area contributed by atoms with Crippen molar-refractivity contribution >= 4 is 58.4 Å². The van der Waals surface area contributed by atoms with Gasteiger partial charge < -0.3 is 9.80 Å². The van der Waals surface area contributed by atoms with Crippen molar-refractivity contribution in [3.63, 3.8) is 0 Å². The van der Waals surface area contributed by atoms with Gasteiger partial charge in [0.1, 0.15) is 0 Å². The molecule has 10 aromatic rings. The van der Waals surface area contributed by atoms with Gasteiger partial charge >= 0.3 is 0 Å². The molecule has 0 saturated carbocycles. The van der Waals surface area contributed by atoms with Gasteiger partial charge in [-0.3, -0.25) is 19.9 Å². The van der Waals surface area contributed by atoms with Crippen LogP contribution in [0.2, 0.25) is 0 Å². The summed E-state index contributed by atoms with van der Waals surface area (Å²) in [5, 5.41) is 0. The molecule has 13 rings (SSSR count). The van der Waals surface area contributed by atoms with Gasteiger partial charge in [-0.15, -0.1) is 0 Å². The number of aromatic nitrogens is 4. The number of nitrogens with zero attached hydrogens (tertiary/aromatic N) is 6. The second kappa shape index (κ2) is 17.6. The first kappa shape index (κ1) is 45.8. The third-order valence-corrected chi connectivity index (χ3v) is 16.2. The largest absolute Gasteiger partial charge is 0.307 e. The number of benzene rings is 6. The molecular weight excluding hydrogens is 913 g/mol. The van der Waals surface area contributed by atoms with Gasteiger partial charge in [0.25, 0.3) is 0 Å². The fourth-order valence-corrected chi connectivity index (χ4v) is 12.2. The van der Waals surface area contributed by atoms with E-state index in [0.717, 1.165) is 34.1 Å². The van der Waals surface area contributed by atoms with Gasteiger partial charge in [0.2, 0.25) is 0 Å². The molecule has 75 heavy (non-hydrogen) atoms. The van der Waals surface area contributed by atoms with Gasteiger partial charge in [0.15, 0.2) is 0 Å². The van der Waals surface area contributed by atoms with E-state index in [1.165, 1.54) is 89.0 Å². The Hall–Kier alpha value is -9.00. The second-order valence-corrected chi connectivity index (χ2v) is 21.7. The predicted octanol–water partition coefficient (Wildman–Crippen LogP) is 17.5. The minimum absolute atomic E-state index is 0.157. The monoisotopic (exact) mass is 968 g/mol. The van der Waals surface area contributed by atoms with Crippen LogP contribution in [0.5, 0.6) is 0 Å². The summed E-state index contributed by atoms with van der Waals surface area (Å²) >= 11 is 0. The summed E-state index contributed by atoms with van der Waals surface area (Å²) in [6.07, 6.45) is 24.0. The smallest absolute Gasteiger partial charge is 0.0645 e. The Morgan fingerprint density at radius 3 is 0.760 bits per heavy atom. The molecule has 362 valence electrons. The van der Waals surface area contributed by atoms with Crippen molar-refractivity contribution in [1.29, 1.82) is 0 Å². The molecule has 0 aliphatic heterocycles. The van der Waals surface area contributed by atoms with Crippen molar-refractivity contribution < 1.29 is 0 Å². The Morgan fingerprint density at radius 1 is 0.280 bits per heavy atom. The van der Waals surface area contributed by atoms with Crippen LogP contribution in [0.3, 0.4) is 0 Å². The molecule has 6 aromatic carbocycles. The van der Waals surface area contributed by atoms with E-state index in [1.807, 2.05) is 73.8 Å². The molecule has 6 nitrogen and oxygen atoms in total. The molecule has 3 aliphatic carbocycles. The molecule has 0 spiro atoms. The van der Waals surface area contributed by atoms with E-state index in [9.17, 15) is 0 Å². The normalized spacial score (nSPS) is 14.7. The van der Waals surface area contributed by atoms with Gasteiger partial charge in [0.05, 0.1) is 47.5 Å². The Morgan fingerprint density at radius 2 is 0.520 bits per heavy atom. The summed E-state index contributed by atoms with van der Waals surface area (Å²) < 4.78 is 0. The van der Waals surface area contributed by atoms with E-state index in [1.54, 1.807) is 0 Å². The molecule has 0 amide bonds. The van der Waals surface area contributed by atoms with Crippen molar-refractivity contribution in [2.24, 2.45) is 0 Å². The number of anilines is 6. The highest BCUT2D eigenvalue weighted by molar-refractivity contribution is 5.90. The molecule has 0 unspecified atom stereocenters. The molecule has 0 radical (unpaired) electrons. The molecular formula is C69H56N6. The van der Waals surface area contributed by atoms with Crippen LogP contribution in [-0.2, 0) is 16.2 Å². The van der Waals surface area contributed by atoms with Gasteiger partial charge in [-0.25, -0.2) is 0 Å². The molecule has 6 heteroatoms. The SMILES string of the molecule is CC1(C)c2cc(/C=C/c3ccc4c(c3)C(C)(C)c3cc(N(c5cccnc5)c5cccnc5)ccc3-4)ccc2-c2ccc(/C=C/c3ccc4c(c3)C(C)(C)c3cc(N(c5cccnc5)c5cccnc5)ccc3-4)cc21. The first-order chi connectivity index (χ1) is 36.4. The van der Waals surface area contributed by atoms with E-state index >= 15 is 0 Å². The average molecular weight is 969 g/mol. The van der Waals surface area contributed by atoms with Gasteiger partial charge in [0, 0.05) is 52.4 Å². The first-order valence-corrected chi connectivity index (χ1v) is 25.9. The standard InChI is InChI=1S/C69H56N6/c1-67(2)61-35-45(15-17-47-21-27-57-59-29-23-49(39-65(59)68(3,4)63(57)37-47)74(51-11-7-31-70-41-51)52-12-8-32-71-42-52)19-25-55(61)56-26-20-46(36-62(56)67)16-18-48-22-28-58-60-30-24-50(40-66(60)69(5,6)64(58)38-48)75(53-13-9-33-72-43-53)54-14-10-34-73-44-54/h7-44H,1-6H3/b17-15+,18-16+. The van der Waals surface area contributed by atoms with Crippen LogP contribution in [0.4, 0.5) is 34.1 Å². The maximum absolute atomic E-state index is 4.45. The Balaban J connectivity index is 0.731. The maximum atomic E-state index is 4.45. The van der Waals surface area contributed by atoms with Crippen molar-refractivity contribution in [3.05, 3.63) is 263 Å². The highest BCUT2D eigenvalue weighted by Gasteiger charge is 2.39. The van der Waals surface area contributed by atoms with Crippen LogP contribution in [0.25, 0.3) is 57.7 Å². The number of pyridine rings is 4. The van der Waals surface area contributed by atoms with E-state index in [0.29, 0.717) is 0 Å². The highest BCUT2D eigenvalue weighted by atomic mass is 15.2. The van der Waals surface area contributed by atoms with Gasteiger partial charge in [-0.1, -0.05) is 151 Å². The summed E-state index contributed by atoms with van der Waals surface area (Å²) in [6, 6.07) is 57.9. The lowest BCUT2D eigenvalue weighted by Crippen LogP contribution is -2.16. The lowest BCUT2D eigenvalue weighted by Gasteiger charge is -2.27. The molecule has 0 fully saturated rings. The zero-order valence-corrected chi connectivity index (χ0v) is 43.1. The van der Waals surface area contributed by atoms with Crippen LogP contribution in [0, 0.1) is 0 Å². The third-order valence-electron chi connectivity index (χ3n) is 16.2. The molecule has 0 saturated heterocycles. The third kappa shape index (κ3) is 7.70. The van der Waals surface area contributed by atoms with Crippen LogP contribution in [0.15, 0.2) is 207 Å². The van der Waals surface area contributed by atoms with Gasteiger partial charge in [-0.05, 0) is 162 Å². The summed E-state index contributed by atoms with van der Waals surface area (Å²) in [7, 11) is 0. The summed E-state index contributed by atoms with van der Waals surface area (Å²) in [4.78, 5) is 22.2. The lowest BCUT2D eigenvalue weighted by molar-refractivity contribution is 0.660. The van der Waals surface area contributed by atoms with Crippen molar-refractivity contribution in [2.45, 2.75) is 57.8 Å². The topological polar surface area (TPSA) is 58.0 Å². The molecule has 4 heterocycles. The van der Waals surface area contributed by atoms with Crippen LogP contribution in [-0.4, -0.2) is 19.9 Å². The highest BCUT2D eigenvalue weighted by Crippen LogP contribution is 2.54. The summed E-state index contributed by atoms with van der Waals surface area (Å²) in [5.74, 6) is 0. The predicted molar refractivity (Wildman–Crippen MR) is 310 cm³/mol. The zero-order chi connectivity index (χ0) is 51.1. The fraction of sp³-hybridized carbons (Fsp3) is 0.130. The number of fused-ring (bicyclic) bond motifs is 9. The van der Waals surface area contributed by atoms with Crippen molar-refractivity contribution in [1.82, 2.24) is 19.9 Å². The minimum Gasteiger partial charge on any atom is -0.307 e. The number of hydrogen-bond acceptors (Lipinski definition) is 6. The van der Waals surface area contributed by atoms with E-state index in [4.69, 9.17) is 0 Å². The first-order valence-electron chi connectivity index (χ1n) is 25.9. The van der Waals surface area contributed by atoms with Crippen LogP contribution in [0.1, 0.15) is 97.2 Å². The van der Waals surface area contributed by atoms with Crippen molar-refractivity contribution in [2.75, 3.05) is 9.80 Å². The van der Waals surface area contributed by atoms with Crippen LogP contribution < -0.4 is 9.80 Å². The zero-order valence-electron chi connectivity index (χ0n) is 43.1. The average Bonchev–Trinajstić information content (AvgIpc) is 4.05. The number of hydrogen-bond donors (Lipinski definition) is 0. The van der Waals surface area contributed by atoms with Crippen molar-refractivity contribution in [3.8, 4) is 33.4 Å². The summed E-state index contributed by atoms with van der Waals surface area (Å²) in [6.45, 7) is 14.1. The quantitative estimate of drug-likeness (QED) is 0.127. The minimum atomic E-state index is -0.195. The Bertz CT molecular complexity index is 3580. The van der Waals surface area contributed by atoms with E-state index < -0.39 is 0 Å².